The normalized spacial score (nSPS) is 15.9. The van der Waals surface area contributed by atoms with Gasteiger partial charge in [0, 0.05) is 24.1 Å². The van der Waals surface area contributed by atoms with Crippen LogP contribution in [0.4, 0.5) is 5.82 Å². The van der Waals surface area contributed by atoms with Gasteiger partial charge in [0.15, 0.2) is 0 Å². The van der Waals surface area contributed by atoms with Crippen LogP contribution in [0.5, 0.6) is 0 Å². The average molecular weight is 283 g/mol. The largest absolute Gasteiger partial charge is 0.360 e. The van der Waals surface area contributed by atoms with Crippen LogP contribution >= 0.6 is 15.9 Å². The standard InChI is InChI=1S/C13H19BrN2/c1-10(14)8-9-16(2)13-7-6-11-4-3-5-12(11)15-13/h6-7,10H,3-5,8-9H2,1-2H3. The van der Waals surface area contributed by atoms with E-state index in [1.54, 1.807) is 0 Å². The molecule has 0 spiro atoms. The van der Waals surface area contributed by atoms with Crippen LogP contribution in [-0.4, -0.2) is 23.4 Å². The molecule has 1 aliphatic carbocycles. The second kappa shape index (κ2) is 5.17. The van der Waals surface area contributed by atoms with Crippen LogP contribution in [0.3, 0.4) is 0 Å². The van der Waals surface area contributed by atoms with Gasteiger partial charge in [-0.15, -0.1) is 0 Å². The predicted molar refractivity (Wildman–Crippen MR) is 72.5 cm³/mol. The van der Waals surface area contributed by atoms with Crippen LogP contribution in [0.2, 0.25) is 0 Å². The first-order chi connectivity index (χ1) is 7.66. The summed E-state index contributed by atoms with van der Waals surface area (Å²) in [5.74, 6) is 1.12. The van der Waals surface area contributed by atoms with E-state index < -0.39 is 0 Å². The Labute approximate surface area is 106 Å². The van der Waals surface area contributed by atoms with Crippen molar-refractivity contribution < 1.29 is 0 Å². The molecule has 0 aromatic carbocycles. The summed E-state index contributed by atoms with van der Waals surface area (Å²) in [5, 5.41) is 0. The summed E-state index contributed by atoms with van der Waals surface area (Å²) in [6, 6.07) is 4.40. The van der Waals surface area contributed by atoms with Crippen molar-refractivity contribution in [3.8, 4) is 0 Å². The zero-order valence-corrected chi connectivity index (χ0v) is 11.6. The molecule has 1 unspecified atom stereocenters. The fourth-order valence-corrected chi connectivity index (χ4v) is 2.31. The zero-order valence-electron chi connectivity index (χ0n) is 10.0. The van der Waals surface area contributed by atoms with E-state index in [0.29, 0.717) is 4.83 Å². The minimum Gasteiger partial charge on any atom is -0.360 e. The van der Waals surface area contributed by atoms with Gasteiger partial charge in [0.05, 0.1) is 0 Å². The summed E-state index contributed by atoms with van der Waals surface area (Å²) >= 11 is 3.58. The quantitative estimate of drug-likeness (QED) is 0.789. The highest BCUT2D eigenvalue weighted by atomic mass is 79.9. The molecule has 0 fully saturated rings. The van der Waals surface area contributed by atoms with Gasteiger partial charge in [-0.25, -0.2) is 4.98 Å². The fourth-order valence-electron chi connectivity index (χ4n) is 2.11. The maximum absolute atomic E-state index is 4.74. The van der Waals surface area contributed by atoms with Crippen molar-refractivity contribution in [3.05, 3.63) is 23.4 Å². The Balaban J connectivity index is 2.03. The Morgan fingerprint density at radius 2 is 2.25 bits per heavy atom. The van der Waals surface area contributed by atoms with Crippen molar-refractivity contribution in [2.75, 3.05) is 18.5 Å². The number of aryl methyl sites for hydroxylation is 2. The molecule has 1 aromatic heterocycles. The van der Waals surface area contributed by atoms with E-state index in [-0.39, 0.29) is 0 Å². The lowest BCUT2D eigenvalue weighted by molar-refractivity contribution is 0.776. The SMILES string of the molecule is CC(Br)CCN(C)c1ccc2c(n1)CCC2. The van der Waals surface area contributed by atoms with Gasteiger partial charge in [0.25, 0.3) is 0 Å². The third-order valence-corrected chi connectivity index (χ3v) is 3.62. The molecule has 0 bridgehead atoms. The van der Waals surface area contributed by atoms with Crippen LogP contribution in [0, 0.1) is 0 Å². The van der Waals surface area contributed by atoms with Crippen molar-refractivity contribution in [1.82, 2.24) is 4.98 Å². The number of rotatable bonds is 4. The fraction of sp³-hybridized carbons (Fsp3) is 0.615. The number of aromatic nitrogens is 1. The van der Waals surface area contributed by atoms with Crippen molar-refractivity contribution in [2.45, 2.75) is 37.4 Å². The molecule has 0 amide bonds. The molecule has 2 nitrogen and oxygen atoms in total. The summed E-state index contributed by atoms with van der Waals surface area (Å²) in [4.78, 5) is 7.56. The molecule has 1 heterocycles. The Bertz CT molecular complexity index is 363. The molecule has 1 aliphatic rings. The first kappa shape index (κ1) is 11.9. The molecule has 16 heavy (non-hydrogen) atoms. The highest BCUT2D eigenvalue weighted by Crippen LogP contribution is 2.23. The molecular weight excluding hydrogens is 264 g/mol. The zero-order chi connectivity index (χ0) is 11.5. The predicted octanol–water partition coefficient (Wildman–Crippen LogP) is 3.18. The lowest BCUT2D eigenvalue weighted by atomic mass is 10.2. The molecule has 0 N–H and O–H groups in total. The number of pyridine rings is 1. The third-order valence-electron chi connectivity index (χ3n) is 3.17. The van der Waals surface area contributed by atoms with E-state index in [1.165, 1.54) is 24.1 Å². The van der Waals surface area contributed by atoms with Gasteiger partial charge in [-0.2, -0.15) is 0 Å². The molecule has 0 aliphatic heterocycles. The van der Waals surface area contributed by atoms with E-state index in [0.717, 1.165) is 25.2 Å². The van der Waals surface area contributed by atoms with Crippen molar-refractivity contribution in [1.29, 1.82) is 0 Å². The molecule has 1 atom stereocenters. The summed E-state index contributed by atoms with van der Waals surface area (Å²) in [6.45, 7) is 3.24. The van der Waals surface area contributed by atoms with Gasteiger partial charge < -0.3 is 4.90 Å². The molecular formula is C13H19BrN2. The van der Waals surface area contributed by atoms with E-state index in [9.17, 15) is 0 Å². The molecule has 0 saturated carbocycles. The van der Waals surface area contributed by atoms with Crippen molar-refractivity contribution in [3.63, 3.8) is 0 Å². The van der Waals surface area contributed by atoms with E-state index in [1.807, 2.05) is 0 Å². The monoisotopic (exact) mass is 282 g/mol. The Hall–Kier alpha value is -0.570. The first-order valence-corrected chi connectivity index (χ1v) is 6.92. The minimum atomic E-state index is 0.573. The van der Waals surface area contributed by atoms with Crippen molar-refractivity contribution >= 4 is 21.7 Å². The number of nitrogens with zero attached hydrogens (tertiary/aromatic N) is 2. The Morgan fingerprint density at radius 3 is 3.00 bits per heavy atom. The van der Waals surface area contributed by atoms with Crippen LogP contribution in [0.25, 0.3) is 0 Å². The highest BCUT2D eigenvalue weighted by Gasteiger charge is 2.13. The number of hydrogen-bond acceptors (Lipinski definition) is 2. The van der Waals surface area contributed by atoms with Crippen LogP contribution < -0.4 is 4.90 Å². The smallest absolute Gasteiger partial charge is 0.128 e. The molecule has 2 rings (SSSR count). The van der Waals surface area contributed by atoms with Gasteiger partial charge in [0.2, 0.25) is 0 Å². The van der Waals surface area contributed by atoms with Gasteiger partial charge in [-0.3, -0.25) is 0 Å². The minimum absolute atomic E-state index is 0.573. The summed E-state index contributed by atoms with van der Waals surface area (Å²) in [7, 11) is 2.12. The molecule has 88 valence electrons. The Kier molecular flexibility index (Phi) is 3.85. The molecule has 0 saturated heterocycles. The van der Waals surface area contributed by atoms with Crippen LogP contribution in [0.15, 0.2) is 12.1 Å². The molecule has 0 radical (unpaired) electrons. The number of alkyl halides is 1. The summed E-state index contributed by atoms with van der Waals surface area (Å²) in [6.07, 6.45) is 4.79. The van der Waals surface area contributed by atoms with Gasteiger partial charge in [-0.1, -0.05) is 28.9 Å². The van der Waals surface area contributed by atoms with Gasteiger partial charge in [-0.05, 0) is 37.3 Å². The second-order valence-corrected chi connectivity index (χ2v) is 6.18. The number of fused-ring (bicyclic) bond motifs is 1. The lowest BCUT2D eigenvalue weighted by Gasteiger charge is -2.19. The maximum atomic E-state index is 4.74. The number of anilines is 1. The Morgan fingerprint density at radius 1 is 1.44 bits per heavy atom. The second-order valence-electron chi connectivity index (χ2n) is 4.62. The molecule has 3 heteroatoms. The molecule has 1 aromatic rings. The topological polar surface area (TPSA) is 16.1 Å². The van der Waals surface area contributed by atoms with E-state index >= 15 is 0 Å². The summed E-state index contributed by atoms with van der Waals surface area (Å²) in [5.41, 5.74) is 2.77. The summed E-state index contributed by atoms with van der Waals surface area (Å²) < 4.78 is 0. The van der Waals surface area contributed by atoms with Crippen LogP contribution in [-0.2, 0) is 12.8 Å². The van der Waals surface area contributed by atoms with E-state index in [4.69, 9.17) is 4.98 Å². The third kappa shape index (κ3) is 2.76. The van der Waals surface area contributed by atoms with Crippen LogP contribution in [0.1, 0.15) is 31.0 Å². The van der Waals surface area contributed by atoms with Gasteiger partial charge in [0.1, 0.15) is 5.82 Å². The highest BCUT2D eigenvalue weighted by molar-refractivity contribution is 9.09. The van der Waals surface area contributed by atoms with E-state index in [2.05, 4.69) is 46.9 Å². The maximum Gasteiger partial charge on any atom is 0.128 e. The first-order valence-electron chi connectivity index (χ1n) is 6.01. The average Bonchev–Trinajstić information content (AvgIpc) is 2.72. The van der Waals surface area contributed by atoms with Gasteiger partial charge >= 0.3 is 0 Å². The number of hydrogen-bond donors (Lipinski definition) is 0. The van der Waals surface area contributed by atoms with Crippen molar-refractivity contribution in [2.24, 2.45) is 0 Å². The lowest BCUT2D eigenvalue weighted by Crippen LogP contribution is -2.21. The number of halogens is 1.